The molecule has 0 heterocycles. The van der Waals surface area contributed by atoms with Crippen LogP contribution in [0.3, 0.4) is 0 Å². The molecule has 0 spiro atoms. The Labute approximate surface area is 239 Å². The highest BCUT2D eigenvalue weighted by atomic mass is 16.1. The minimum atomic E-state index is -0.113. The molecule has 0 N–H and O–H groups in total. The molecular weight excluding hydrogens is 484 g/mol. The smallest absolute Gasteiger partial charge is 0.163 e. The lowest BCUT2D eigenvalue weighted by atomic mass is 9.70. The first-order valence-corrected chi connectivity index (χ1v) is 15.6. The SMILES string of the molecule is CCC.CCCC(CC1CC(=O)c2c(C)c(CCC(=O)C(C)C)cc(C(C)C)c2C1)C(CC)C(=O)CC(C)=O. The second-order valence-corrected chi connectivity index (χ2v) is 12.4. The van der Waals surface area contributed by atoms with Crippen LogP contribution in [0.1, 0.15) is 152 Å². The summed E-state index contributed by atoms with van der Waals surface area (Å²) in [5.74, 6) is 1.08. The molecular formula is C35H56O4. The highest BCUT2D eigenvalue weighted by Gasteiger charge is 2.34. The molecule has 0 fully saturated rings. The van der Waals surface area contributed by atoms with Gasteiger partial charge in [0.1, 0.15) is 17.3 Å². The van der Waals surface area contributed by atoms with Gasteiger partial charge in [-0.25, -0.2) is 0 Å². The van der Waals surface area contributed by atoms with Crippen LogP contribution in [0.25, 0.3) is 0 Å². The van der Waals surface area contributed by atoms with E-state index in [-0.39, 0.29) is 59.1 Å². The summed E-state index contributed by atoms with van der Waals surface area (Å²) >= 11 is 0. The zero-order chi connectivity index (χ0) is 29.9. The Morgan fingerprint density at radius 2 is 1.59 bits per heavy atom. The van der Waals surface area contributed by atoms with Gasteiger partial charge in [0.05, 0.1) is 6.42 Å². The maximum atomic E-state index is 13.6. The van der Waals surface area contributed by atoms with Gasteiger partial charge >= 0.3 is 0 Å². The number of fused-ring (bicyclic) bond motifs is 1. The molecule has 0 saturated carbocycles. The summed E-state index contributed by atoms with van der Waals surface area (Å²) in [6.07, 6.45) is 7.35. The Morgan fingerprint density at radius 3 is 2.08 bits per heavy atom. The lowest BCUT2D eigenvalue weighted by Crippen LogP contribution is -2.30. The molecule has 1 aromatic carbocycles. The van der Waals surface area contributed by atoms with Gasteiger partial charge < -0.3 is 0 Å². The van der Waals surface area contributed by atoms with E-state index in [0.29, 0.717) is 19.3 Å². The van der Waals surface area contributed by atoms with Crippen LogP contribution in [0.4, 0.5) is 0 Å². The summed E-state index contributed by atoms with van der Waals surface area (Å²) in [7, 11) is 0. The van der Waals surface area contributed by atoms with Crippen molar-refractivity contribution in [3.8, 4) is 0 Å². The van der Waals surface area contributed by atoms with Gasteiger partial charge in [0.2, 0.25) is 0 Å². The van der Waals surface area contributed by atoms with E-state index in [1.165, 1.54) is 24.5 Å². The highest BCUT2D eigenvalue weighted by Crippen LogP contribution is 2.40. The average molecular weight is 541 g/mol. The van der Waals surface area contributed by atoms with Crippen LogP contribution in [-0.4, -0.2) is 23.1 Å². The van der Waals surface area contributed by atoms with E-state index in [9.17, 15) is 19.2 Å². The van der Waals surface area contributed by atoms with E-state index in [0.717, 1.165) is 48.8 Å². The molecule has 0 aliphatic heterocycles. The first-order valence-electron chi connectivity index (χ1n) is 15.6. The van der Waals surface area contributed by atoms with Crippen LogP contribution in [-0.2, 0) is 27.2 Å². The molecule has 2 rings (SSSR count). The van der Waals surface area contributed by atoms with E-state index in [1.54, 1.807) is 0 Å². The molecule has 220 valence electrons. The molecule has 1 aliphatic carbocycles. The van der Waals surface area contributed by atoms with Crippen LogP contribution in [0, 0.1) is 30.6 Å². The Balaban J connectivity index is 0.00000242. The number of hydrogen-bond donors (Lipinski definition) is 0. The van der Waals surface area contributed by atoms with Crippen molar-refractivity contribution < 1.29 is 19.2 Å². The van der Waals surface area contributed by atoms with Gasteiger partial charge in [-0.3, -0.25) is 19.2 Å². The van der Waals surface area contributed by atoms with Crippen LogP contribution >= 0.6 is 0 Å². The predicted molar refractivity (Wildman–Crippen MR) is 163 cm³/mol. The summed E-state index contributed by atoms with van der Waals surface area (Å²) in [6, 6.07) is 2.25. The summed E-state index contributed by atoms with van der Waals surface area (Å²) in [5, 5.41) is 0. The van der Waals surface area contributed by atoms with Crippen molar-refractivity contribution in [3.05, 3.63) is 33.9 Å². The Bertz CT molecular complexity index is 985. The minimum absolute atomic E-state index is 0.0178. The molecule has 0 amide bonds. The number of aryl methyl sites for hydroxylation is 1. The molecule has 4 heteroatoms. The van der Waals surface area contributed by atoms with Crippen LogP contribution in [0.15, 0.2) is 6.07 Å². The molecule has 3 unspecified atom stereocenters. The molecule has 1 aromatic rings. The maximum absolute atomic E-state index is 13.6. The summed E-state index contributed by atoms with van der Waals surface area (Å²) in [6.45, 7) is 20.2. The quantitative estimate of drug-likeness (QED) is 0.221. The number of benzene rings is 1. The number of hydrogen-bond acceptors (Lipinski definition) is 4. The second kappa shape index (κ2) is 16.9. The van der Waals surface area contributed by atoms with Crippen molar-refractivity contribution in [1.29, 1.82) is 0 Å². The second-order valence-electron chi connectivity index (χ2n) is 12.4. The maximum Gasteiger partial charge on any atom is 0.163 e. The van der Waals surface area contributed by atoms with E-state index in [2.05, 4.69) is 40.7 Å². The topological polar surface area (TPSA) is 68.3 Å². The highest BCUT2D eigenvalue weighted by molar-refractivity contribution is 6.01. The first-order chi connectivity index (χ1) is 18.3. The van der Waals surface area contributed by atoms with Crippen molar-refractivity contribution in [1.82, 2.24) is 0 Å². The number of ketones is 4. The van der Waals surface area contributed by atoms with Crippen LogP contribution < -0.4 is 0 Å². The lowest BCUT2D eigenvalue weighted by Gasteiger charge is -2.33. The largest absolute Gasteiger partial charge is 0.300 e. The molecule has 1 aliphatic rings. The first kappa shape index (κ1) is 34.9. The van der Waals surface area contributed by atoms with E-state index >= 15 is 0 Å². The number of carbonyl (C=O) groups excluding carboxylic acids is 4. The number of carbonyl (C=O) groups is 4. The summed E-state index contributed by atoms with van der Waals surface area (Å²) in [4.78, 5) is 50.3. The normalized spacial score (nSPS) is 16.4. The van der Waals surface area contributed by atoms with Crippen molar-refractivity contribution in [2.24, 2.45) is 23.7 Å². The van der Waals surface area contributed by atoms with Crippen molar-refractivity contribution >= 4 is 23.1 Å². The van der Waals surface area contributed by atoms with Gasteiger partial charge in [-0.15, -0.1) is 0 Å². The fourth-order valence-corrected chi connectivity index (χ4v) is 6.21. The van der Waals surface area contributed by atoms with E-state index in [1.807, 2.05) is 27.7 Å². The fourth-order valence-electron chi connectivity index (χ4n) is 6.21. The molecule has 0 bridgehead atoms. The van der Waals surface area contributed by atoms with Crippen molar-refractivity contribution in [2.45, 2.75) is 139 Å². The van der Waals surface area contributed by atoms with Crippen LogP contribution in [0.2, 0.25) is 0 Å². The van der Waals surface area contributed by atoms with Crippen molar-refractivity contribution in [3.63, 3.8) is 0 Å². The third-order valence-corrected chi connectivity index (χ3v) is 8.13. The summed E-state index contributed by atoms with van der Waals surface area (Å²) < 4.78 is 0. The van der Waals surface area contributed by atoms with Gasteiger partial charge in [-0.05, 0) is 79.5 Å². The van der Waals surface area contributed by atoms with Crippen LogP contribution in [0.5, 0.6) is 0 Å². The summed E-state index contributed by atoms with van der Waals surface area (Å²) in [5.41, 5.74) is 5.47. The standard InChI is InChI=1S/C32H48O4.C3H8/c1-9-11-25(26(10-2)30(35)14-21(7)33)15-23-16-28-27(19(3)4)18-24(12-13-29(34)20(5)6)22(8)32(28)31(36)17-23;1-3-2/h18-20,23,25-26H,9-17H2,1-8H3;3H2,1-2H3. The van der Waals surface area contributed by atoms with E-state index < -0.39 is 0 Å². The number of rotatable bonds is 14. The third-order valence-electron chi connectivity index (χ3n) is 8.13. The minimum Gasteiger partial charge on any atom is -0.300 e. The molecule has 3 atom stereocenters. The van der Waals surface area contributed by atoms with Gasteiger partial charge in [-0.1, -0.05) is 80.7 Å². The van der Waals surface area contributed by atoms with Gasteiger partial charge in [-0.2, -0.15) is 0 Å². The average Bonchev–Trinajstić information content (AvgIpc) is 2.83. The van der Waals surface area contributed by atoms with Gasteiger partial charge in [0.25, 0.3) is 0 Å². The lowest BCUT2D eigenvalue weighted by molar-refractivity contribution is -0.130. The van der Waals surface area contributed by atoms with Gasteiger partial charge in [0, 0.05) is 30.2 Å². The zero-order valence-corrected chi connectivity index (χ0v) is 26.7. The Kier molecular flexibility index (Phi) is 15.1. The third kappa shape index (κ3) is 10.1. The molecule has 0 saturated heterocycles. The van der Waals surface area contributed by atoms with E-state index in [4.69, 9.17) is 0 Å². The van der Waals surface area contributed by atoms with Gasteiger partial charge in [0.15, 0.2) is 5.78 Å². The molecule has 4 nitrogen and oxygen atoms in total. The predicted octanol–water partition coefficient (Wildman–Crippen LogP) is 8.82. The Hall–Kier alpha value is -2.10. The monoisotopic (exact) mass is 540 g/mol. The Morgan fingerprint density at radius 1 is 0.974 bits per heavy atom. The fraction of sp³-hybridized carbons (Fsp3) is 0.714. The molecule has 0 aromatic heterocycles. The zero-order valence-electron chi connectivity index (χ0n) is 26.7. The molecule has 0 radical (unpaired) electrons. The number of Topliss-reactive ketones (excluding diaryl/α,β-unsaturated/α-hetero) is 4. The molecule has 39 heavy (non-hydrogen) atoms. The van der Waals surface area contributed by atoms with Crippen molar-refractivity contribution in [2.75, 3.05) is 0 Å².